The summed E-state index contributed by atoms with van der Waals surface area (Å²) in [5.74, 6) is 2.47. The first kappa shape index (κ1) is 15.8. The molecule has 0 fully saturated rings. The molecule has 1 aromatic carbocycles. The minimum absolute atomic E-state index is 0.357. The molecule has 2 aromatic rings. The zero-order valence-corrected chi connectivity index (χ0v) is 14.5. The van der Waals surface area contributed by atoms with Crippen molar-refractivity contribution >= 4 is 0 Å². The van der Waals surface area contributed by atoms with Crippen molar-refractivity contribution in [1.29, 1.82) is 0 Å². The third-order valence-corrected chi connectivity index (χ3v) is 4.56. The van der Waals surface area contributed by atoms with Crippen LogP contribution in [0.3, 0.4) is 0 Å². The summed E-state index contributed by atoms with van der Waals surface area (Å²) in [5, 5.41) is 0. The molecule has 0 spiro atoms. The van der Waals surface area contributed by atoms with Crippen LogP contribution in [0.1, 0.15) is 68.8 Å². The van der Waals surface area contributed by atoms with Crippen molar-refractivity contribution in [2.45, 2.75) is 51.9 Å². The Morgan fingerprint density at radius 1 is 1.04 bits per heavy atom. The summed E-state index contributed by atoms with van der Waals surface area (Å²) in [4.78, 5) is 4.69. The molecule has 120 valence electrons. The van der Waals surface area contributed by atoms with Gasteiger partial charge in [0.15, 0.2) is 0 Å². The fraction of sp³-hybridized carbons (Fsp3) is 0.381. The van der Waals surface area contributed by atoms with Gasteiger partial charge >= 0.3 is 0 Å². The van der Waals surface area contributed by atoms with E-state index >= 15 is 0 Å². The number of hydrogen-bond donors (Lipinski definition) is 0. The molecule has 0 radical (unpaired) electrons. The van der Waals surface area contributed by atoms with Crippen LogP contribution >= 0.6 is 0 Å². The molecule has 0 N–H and O–H groups in total. The van der Waals surface area contributed by atoms with E-state index < -0.39 is 0 Å². The van der Waals surface area contributed by atoms with E-state index in [1.54, 1.807) is 0 Å². The highest BCUT2D eigenvalue weighted by molar-refractivity contribution is 5.52. The Kier molecular flexibility index (Phi) is 4.51. The van der Waals surface area contributed by atoms with Crippen LogP contribution in [0, 0.1) is 0 Å². The second kappa shape index (κ2) is 6.57. The summed E-state index contributed by atoms with van der Waals surface area (Å²) < 4.78 is 2.32. The summed E-state index contributed by atoms with van der Waals surface area (Å²) in [7, 11) is 0. The molecule has 1 aliphatic carbocycles. The van der Waals surface area contributed by atoms with Gasteiger partial charge in [0.1, 0.15) is 5.82 Å². The highest BCUT2D eigenvalue weighted by Gasteiger charge is 2.21. The van der Waals surface area contributed by atoms with Crippen LogP contribution in [0.5, 0.6) is 0 Å². The van der Waals surface area contributed by atoms with Crippen molar-refractivity contribution in [3.63, 3.8) is 0 Å². The second-order valence-electron chi connectivity index (χ2n) is 6.91. The van der Waals surface area contributed by atoms with E-state index in [1.807, 2.05) is 6.20 Å². The number of rotatable bonds is 4. The predicted octanol–water partition coefficient (Wildman–Crippen LogP) is 5.72. The highest BCUT2D eigenvalue weighted by Crippen LogP contribution is 2.34. The standard InChI is InChI=1S/C21H26N2/c1-15(2)18-11-8-12-19(16(3)4)20(18)23-14-13-22-21(23)17-9-6-5-7-10-17/h5-9,11-17H,10H2,1-4H3. The molecule has 1 aliphatic rings. The van der Waals surface area contributed by atoms with Gasteiger partial charge in [-0.15, -0.1) is 0 Å². The minimum atomic E-state index is 0.357. The molecule has 1 aromatic heterocycles. The third kappa shape index (κ3) is 3.03. The summed E-state index contributed by atoms with van der Waals surface area (Å²) in [5.41, 5.74) is 4.12. The van der Waals surface area contributed by atoms with E-state index in [0.29, 0.717) is 17.8 Å². The number of benzene rings is 1. The molecular formula is C21H26N2. The average molecular weight is 306 g/mol. The molecule has 0 aliphatic heterocycles. The first-order chi connectivity index (χ1) is 11.1. The Hall–Kier alpha value is -2.09. The molecule has 1 heterocycles. The number of imidazole rings is 1. The third-order valence-electron chi connectivity index (χ3n) is 4.56. The van der Waals surface area contributed by atoms with Gasteiger partial charge < -0.3 is 4.57 Å². The van der Waals surface area contributed by atoms with Crippen LogP contribution in [0.25, 0.3) is 5.69 Å². The largest absolute Gasteiger partial charge is 0.303 e. The van der Waals surface area contributed by atoms with E-state index in [1.165, 1.54) is 16.8 Å². The van der Waals surface area contributed by atoms with Crippen LogP contribution in [0.15, 0.2) is 54.9 Å². The van der Waals surface area contributed by atoms with E-state index in [4.69, 9.17) is 4.98 Å². The number of para-hydroxylation sites is 1. The van der Waals surface area contributed by atoms with Gasteiger partial charge in [-0.05, 0) is 29.4 Å². The summed E-state index contributed by atoms with van der Waals surface area (Å²) >= 11 is 0. The van der Waals surface area contributed by atoms with Crippen LogP contribution in [0.2, 0.25) is 0 Å². The summed E-state index contributed by atoms with van der Waals surface area (Å²) in [6, 6.07) is 6.70. The van der Waals surface area contributed by atoms with Gasteiger partial charge in [0.05, 0.1) is 5.69 Å². The monoisotopic (exact) mass is 306 g/mol. The lowest BCUT2D eigenvalue weighted by Crippen LogP contribution is -2.12. The molecule has 0 bridgehead atoms. The van der Waals surface area contributed by atoms with Crippen LogP contribution in [0.4, 0.5) is 0 Å². The summed E-state index contributed by atoms with van der Waals surface area (Å²) in [6.45, 7) is 9.07. The number of aromatic nitrogens is 2. The van der Waals surface area contributed by atoms with Crippen molar-refractivity contribution in [3.05, 3.63) is 71.8 Å². The number of allylic oxidation sites excluding steroid dienone is 4. The Bertz CT molecular complexity index is 706. The van der Waals surface area contributed by atoms with Crippen LogP contribution in [-0.2, 0) is 0 Å². The zero-order chi connectivity index (χ0) is 16.4. The first-order valence-electron chi connectivity index (χ1n) is 8.59. The second-order valence-corrected chi connectivity index (χ2v) is 6.91. The number of nitrogens with zero attached hydrogens (tertiary/aromatic N) is 2. The Morgan fingerprint density at radius 2 is 1.74 bits per heavy atom. The maximum Gasteiger partial charge on any atom is 0.120 e. The Balaban J connectivity index is 2.17. The molecule has 0 saturated heterocycles. The lowest BCUT2D eigenvalue weighted by Gasteiger charge is -2.23. The zero-order valence-electron chi connectivity index (χ0n) is 14.5. The van der Waals surface area contributed by atoms with Crippen molar-refractivity contribution < 1.29 is 0 Å². The van der Waals surface area contributed by atoms with Crippen LogP contribution in [-0.4, -0.2) is 9.55 Å². The molecule has 0 saturated carbocycles. The smallest absolute Gasteiger partial charge is 0.120 e. The van der Waals surface area contributed by atoms with Crippen molar-refractivity contribution in [2.75, 3.05) is 0 Å². The van der Waals surface area contributed by atoms with E-state index in [-0.39, 0.29) is 0 Å². The Labute approximate surface area is 139 Å². The van der Waals surface area contributed by atoms with Gasteiger partial charge in [0.25, 0.3) is 0 Å². The molecule has 2 nitrogen and oxygen atoms in total. The highest BCUT2D eigenvalue weighted by atomic mass is 15.1. The Morgan fingerprint density at radius 3 is 2.30 bits per heavy atom. The maximum atomic E-state index is 4.69. The molecule has 2 heteroatoms. The molecule has 1 unspecified atom stereocenters. The van der Waals surface area contributed by atoms with Crippen molar-refractivity contribution in [3.8, 4) is 5.69 Å². The fourth-order valence-corrected chi connectivity index (χ4v) is 3.34. The molecule has 3 rings (SSSR count). The lowest BCUT2D eigenvalue weighted by atomic mass is 9.92. The van der Waals surface area contributed by atoms with Crippen LogP contribution < -0.4 is 0 Å². The maximum absolute atomic E-state index is 4.69. The molecular weight excluding hydrogens is 280 g/mol. The van der Waals surface area contributed by atoms with E-state index in [9.17, 15) is 0 Å². The topological polar surface area (TPSA) is 17.8 Å². The van der Waals surface area contributed by atoms with Gasteiger partial charge in [-0.2, -0.15) is 0 Å². The fourth-order valence-electron chi connectivity index (χ4n) is 3.34. The number of hydrogen-bond acceptors (Lipinski definition) is 1. The first-order valence-corrected chi connectivity index (χ1v) is 8.59. The minimum Gasteiger partial charge on any atom is -0.303 e. The van der Waals surface area contributed by atoms with Gasteiger partial charge in [0.2, 0.25) is 0 Å². The average Bonchev–Trinajstić information content (AvgIpc) is 3.04. The lowest BCUT2D eigenvalue weighted by molar-refractivity contribution is 0.729. The van der Waals surface area contributed by atoms with E-state index in [2.05, 4.69) is 81.0 Å². The van der Waals surface area contributed by atoms with Gasteiger partial charge in [0, 0.05) is 18.3 Å². The van der Waals surface area contributed by atoms with Gasteiger partial charge in [-0.3, -0.25) is 0 Å². The predicted molar refractivity (Wildman–Crippen MR) is 97.4 cm³/mol. The normalized spacial score (nSPS) is 17.4. The molecule has 0 amide bonds. The van der Waals surface area contributed by atoms with Gasteiger partial charge in [-0.1, -0.05) is 70.2 Å². The SMILES string of the molecule is CC(C)c1cccc(C(C)C)c1-n1ccnc1C1C=CC=CC1. The molecule has 1 atom stereocenters. The van der Waals surface area contributed by atoms with Crippen molar-refractivity contribution in [2.24, 2.45) is 0 Å². The summed E-state index contributed by atoms with van der Waals surface area (Å²) in [6.07, 6.45) is 13.8. The van der Waals surface area contributed by atoms with E-state index in [0.717, 1.165) is 12.2 Å². The van der Waals surface area contributed by atoms with Crippen molar-refractivity contribution in [1.82, 2.24) is 9.55 Å². The molecule has 23 heavy (non-hydrogen) atoms. The quantitative estimate of drug-likeness (QED) is 0.706. The van der Waals surface area contributed by atoms with Gasteiger partial charge in [-0.25, -0.2) is 4.98 Å².